The van der Waals surface area contributed by atoms with Gasteiger partial charge in [-0.2, -0.15) is 0 Å². The Morgan fingerprint density at radius 1 is 1.00 bits per heavy atom. The predicted octanol–water partition coefficient (Wildman–Crippen LogP) is 1.43. The van der Waals surface area contributed by atoms with Gasteiger partial charge in [-0.3, -0.25) is 0 Å². The highest BCUT2D eigenvalue weighted by molar-refractivity contribution is 5.85. The summed E-state index contributed by atoms with van der Waals surface area (Å²) in [6, 6.07) is 0. The molecule has 0 aliphatic heterocycles. The minimum Gasteiger partial charge on any atom is -0.478 e. The van der Waals surface area contributed by atoms with Crippen molar-refractivity contribution in [3.63, 3.8) is 0 Å². The van der Waals surface area contributed by atoms with Gasteiger partial charge in [0.2, 0.25) is 0 Å². The Bertz CT molecular complexity index is 264. The Balaban J connectivity index is -0.000000203. The summed E-state index contributed by atoms with van der Waals surface area (Å²) >= 11 is 0. The first-order valence-corrected chi connectivity index (χ1v) is 5.46. The predicted molar refractivity (Wildman–Crippen MR) is 72.9 cm³/mol. The molecule has 0 radical (unpaired) electrons. The van der Waals surface area contributed by atoms with Crippen molar-refractivity contribution in [3.05, 3.63) is 24.3 Å². The van der Waals surface area contributed by atoms with Crippen LogP contribution in [0.3, 0.4) is 0 Å². The van der Waals surface area contributed by atoms with Crippen molar-refractivity contribution >= 4 is 11.9 Å². The van der Waals surface area contributed by atoms with Crippen LogP contribution in [0, 0.1) is 0 Å². The largest absolute Gasteiger partial charge is 0.478 e. The van der Waals surface area contributed by atoms with Crippen LogP contribution in [0.2, 0.25) is 0 Å². The zero-order valence-electron chi connectivity index (χ0n) is 11.9. The summed E-state index contributed by atoms with van der Waals surface area (Å²) in [5.74, 6) is -1.87. The van der Waals surface area contributed by atoms with Gasteiger partial charge >= 0.3 is 11.9 Å². The number of rotatable bonds is 4. The third kappa shape index (κ3) is 31.4. The first-order valence-electron chi connectivity index (χ1n) is 5.46. The topological polar surface area (TPSA) is 115 Å². The maximum absolute atomic E-state index is 9.60. The van der Waals surface area contributed by atoms with Gasteiger partial charge in [0.15, 0.2) is 0 Å². The molecule has 0 rings (SSSR count). The lowest BCUT2D eigenvalue weighted by molar-refractivity contribution is -0.133. The lowest BCUT2D eigenvalue weighted by atomic mass is 10.1. The van der Waals surface area contributed by atoms with Crippen LogP contribution in [0.5, 0.6) is 0 Å². The van der Waals surface area contributed by atoms with Gasteiger partial charge in [0, 0.05) is 17.8 Å². The molecule has 0 fully saturated rings. The molecular weight excluding hydrogens is 252 g/mol. The van der Waals surface area contributed by atoms with Gasteiger partial charge in [-0.05, 0) is 34.1 Å². The molecule has 4 N–H and O–H groups in total. The first-order chi connectivity index (χ1) is 8.35. The molecule has 0 bridgehead atoms. The van der Waals surface area contributed by atoms with Gasteiger partial charge in [0.25, 0.3) is 0 Å². The Labute approximate surface area is 113 Å². The lowest BCUT2D eigenvalue weighted by Crippen LogP contribution is -2.19. The van der Waals surface area contributed by atoms with Crippen molar-refractivity contribution in [2.45, 2.75) is 39.7 Å². The highest BCUT2D eigenvalue weighted by Gasteiger charge is 2.09. The van der Waals surface area contributed by atoms with Crippen LogP contribution < -0.4 is 0 Å². The van der Waals surface area contributed by atoms with Gasteiger partial charge in [0.1, 0.15) is 0 Å². The van der Waals surface area contributed by atoms with Crippen molar-refractivity contribution in [1.29, 1.82) is 0 Å². The number of hydrogen-bond donors (Lipinski definition) is 4. The van der Waals surface area contributed by atoms with E-state index in [0.29, 0.717) is 6.42 Å². The molecule has 112 valence electrons. The summed E-state index contributed by atoms with van der Waals surface area (Å²) in [4.78, 5) is 19.2. The molecule has 0 spiro atoms. The van der Waals surface area contributed by atoms with E-state index in [0.717, 1.165) is 0 Å². The van der Waals surface area contributed by atoms with E-state index in [2.05, 4.69) is 13.2 Å². The van der Waals surface area contributed by atoms with Crippen molar-refractivity contribution in [2.75, 3.05) is 6.61 Å². The molecular formula is C13H24O6. The molecule has 0 saturated carbocycles. The van der Waals surface area contributed by atoms with Crippen LogP contribution in [0.15, 0.2) is 24.3 Å². The fourth-order valence-electron chi connectivity index (χ4n) is 0.274. The molecule has 0 aromatic carbocycles. The Hall–Kier alpha value is -1.66. The van der Waals surface area contributed by atoms with Crippen molar-refractivity contribution in [3.8, 4) is 0 Å². The van der Waals surface area contributed by atoms with E-state index in [-0.39, 0.29) is 17.8 Å². The molecule has 6 nitrogen and oxygen atoms in total. The maximum Gasteiger partial charge on any atom is 0.330 e. The van der Waals surface area contributed by atoms with Gasteiger partial charge in [0.05, 0.1) is 5.60 Å². The van der Waals surface area contributed by atoms with E-state index in [1.54, 1.807) is 13.8 Å². The minimum absolute atomic E-state index is 0.0590. The number of carboxylic acids is 2. The van der Waals surface area contributed by atoms with Gasteiger partial charge < -0.3 is 20.4 Å². The summed E-state index contributed by atoms with van der Waals surface area (Å²) < 4.78 is 0. The minimum atomic E-state index is -0.935. The third-order valence-corrected chi connectivity index (χ3v) is 1.45. The molecule has 6 heteroatoms. The number of carboxylic acid groups (broad SMARTS) is 2. The fraction of sp³-hybridized carbons (Fsp3) is 0.538. The second-order valence-corrected chi connectivity index (χ2v) is 4.46. The van der Waals surface area contributed by atoms with E-state index in [1.165, 1.54) is 13.8 Å². The average Bonchev–Trinajstić information content (AvgIpc) is 2.16. The number of aliphatic hydroxyl groups is 2. The molecule has 0 aliphatic rings. The number of aliphatic carboxylic acids is 2. The Morgan fingerprint density at radius 2 is 1.21 bits per heavy atom. The molecule has 0 saturated heterocycles. The van der Waals surface area contributed by atoms with Crippen LogP contribution >= 0.6 is 0 Å². The van der Waals surface area contributed by atoms with E-state index in [9.17, 15) is 9.59 Å². The fourth-order valence-corrected chi connectivity index (χ4v) is 0.274. The zero-order chi connectivity index (χ0) is 16.2. The lowest BCUT2D eigenvalue weighted by Gasteiger charge is -2.13. The summed E-state index contributed by atoms with van der Waals surface area (Å²) in [5.41, 5.74) is -0.348. The van der Waals surface area contributed by atoms with Gasteiger partial charge in [-0.25, -0.2) is 9.59 Å². The number of hydrogen-bond acceptors (Lipinski definition) is 4. The SMILES string of the molecule is C=C(C)C(=O)O.C=C(C)C(=O)O.CC(C)(O)CCO. The molecule has 0 aromatic heterocycles. The second-order valence-electron chi connectivity index (χ2n) is 4.46. The molecule has 0 unspecified atom stereocenters. The molecule has 19 heavy (non-hydrogen) atoms. The van der Waals surface area contributed by atoms with Gasteiger partial charge in [-0.1, -0.05) is 13.2 Å². The van der Waals surface area contributed by atoms with Crippen LogP contribution in [0.1, 0.15) is 34.1 Å². The normalized spacial score (nSPS) is 9.16. The summed E-state index contributed by atoms with van der Waals surface area (Å²) in [7, 11) is 0. The van der Waals surface area contributed by atoms with Gasteiger partial charge in [-0.15, -0.1) is 0 Å². The quantitative estimate of drug-likeness (QED) is 0.577. The molecule has 0 atom stereocenters. The Kier molecular flexibility index (Phi) is 13.5. The van der Waals surface area contributed by atoms with Crippen LogP contribution in [-0.2, 0) is 9.59 Å². The standard InChI is InChI=1S/C5H12O2.2C4H6O2/c1-5(2,7)3-4-6;2*1-3(2)4(5)6/h6-7H,3-4H2,1-2H3;2*1H2,2H3,(H,5,6). The molecule has 0 aromatic rings. The van der Waals surface area contributed by atoms with E-state index < -0.39 is 17.5 Å². The molecule has 0 aliphatic carbocycles. The second kappa shape index (κ2) is 11.4. The van der Waals surface area contributed by atoms with Crippen LogP contribution in [-0.4, -0.2) is 44.6 Å². The third-order valence-electron chi connectivity index (χ3n) is 1.45. The van der Waals surface area contributed by atoms with E-state index >= 15 is 0 Å². The van der Waals surface area contributed by atoms with E-state index in [1.807, 2.05) is 0 Å². The smallest absolute Gasteiger partial charge is 0.330 e. The average molecular weight is 276 g/mol. The monoisotopic (exact) mass is 276 g/mol. The highest BCUT2D eigenvalue weighted by atomic mass is 16.4. The van der Waals surface area contributed by atoms with Crippen molar-refractivity contribution in [2.24, 2.45) is 0 Å². The van der Waals surface area contributed by atoms with Crippen LogP contribution in [0.4, 0.5) is 0 Å². The highest BCUT2D eigenvalue weighted by Crippen LogP contribution is 2.04. The Morgan fingerprint density at radius 3 is 1.21 bits per heavy atom. The van der Waals surface area contributed by atoms with Crippen molar-refractivity contribution < 1.29 is 30.0 Å². The summed E-state index contributed by atoms with van der Waals surface area (Å²) in [5, 5.41) is 32.9. The number of carbonyl (C=O) groups is 2. The summed E-state index contributed by atoms with van der Waals surface area (Å²) in [6.07, 6.45) is 0.451. The van der Waals surface area contributed by atoms with E-state index in [4.69, 9.17) is 20.4 Å². The molecule has 0 heterocycles. The molecule has 0 amide bonds. The summed E-state index contributed by atoms with van der Waals surface area (Å²) in [6.45, 7) is 12.6. The van der Waals surface area contributed by atoms with Crippen molar-refractivity contribution in [1.82, 2.24) is 0 Å². The zero-order valence-corrected chi connectivity index (χ0v) is 11.9. The maximum atomic E-state index is 9.60. The number of aliphatic hydroxyl groups excluding tert-OH is 1. The van der Waals surface area contributed by atoms with Crippen LogP contribution in [0.25, 0.3) is 0 Å². The first kappa shape index (κ1) is 22.5.